The Kier molecular flexibility index (Phi) is 3.42. The second-order valence-corrected chi connectivity index (χ2v) is 2.34. The van der Waals surface area contributed by atoms with Crippen LogP contribution in [0.25, 0.3) is 0 Å². The smallest absolute Gasteiger partial charge is 0.133 e. The molecular weight excluding hydrogens is 185 g/mol. The van der Waals surface area contributed by atoms with E-state index in [1.807, 2.05) is 0 Å². The molecule has 5 heteroatoms. The van der Waals surface area contributed by atoms with Gasteiger partial charge in [0.2, 0.25) is 0 Å². The average molecular weight is 192 g/mol. The van der Waals surface area contributed by atoms with Crippen molar-refractivity contribution in [2.75, 3.05) is 0 Å². The van der Waals surface area contributed by atoms with E-state index in [4.69, 9.17) is 23.4 Å². The van der Waals surface area contributed by atoms with Crippen LogP contribution in [0.4, 0.5) is 0 Å². The third-order valence-corrected chi connectivity index (χ3v) is 1.54. The predicted octanol–water partition coefficient (Wildman–Crippen LogP) is 1.32. The molecule has 1 aliphatic rings. The molecule has 0 aliphatic carbocycles. The Morgan fingerprint density at radius 2 is 2.55 bits per heavy atom. The molecule has 0 aromatic heterocycles. The second kappa shape index (κ2) is 4.38. The molecule has 2 N–H and O–H groups in total. The highest BCUT2D eigenvalue weighted by molar-refractivity contribution is 6.27. The van der Waals surface area contributed by atoms with Gasteiger partial charge in [-0.15, -0.1) is 0 Å². The van der Waals surface area contributed by atoms with E-state index < -0.39 is 0 Å². The maximum Gasteiger partial charge on any atom is 0.133 e. The highest BCUT2D eigenvalue weighted by Gasteiger charge is 2.11. The summed E-state index contributed by atoms with van der Waals surface area (Å²) >= 11 is 10.8. The van der Waals surface area contributed by atoms with Gasteiger partial charge in [-0.2, -0.15) is 0 Å². The number of nitrogens with zero attached hydrogens (tertiary/aromatic N) is 1. The quantitative estimate of drug-likeness (QED) is 0.647. The summed E-state index contributed by atoms with van der Waals surface area (Å²) in [6, 6.07) is 0. The highest BCUT2D eigenvalue weighted by Crippen LogP contribution is 1.97. The van der Waals surface area contributed by atoms with Crippen molar-refractivity contribution in [3.05, 3.63) is 24.0 Å². The van der Waals surface area contributed by atoms with Crippen molar-refractivity contribution in [2.24, 2.45) is 4.99 Å². The minimum absolute atomic E-state index is 0.170. The highest BCUT2D eigenvalue weighted by atomic mass is 35.5. The zero-order valence-corrected chi connectivity index (χ0v) is 7.10. The number of hydrogen-bond acceptors (Lipinski definition) is 3. The molecule has 1 aliphatic heterocycles. The zero-order chi connectivity index (χ0) is 8.10. The Morgan fingerprint density at radius 1 is 1.73 bits per heavy atom. The first-order valence-corrected chi connectivity index (χ1v) is 3.81. The maximum absolute atomic E-state index is 5.41. The van der Waals surface area contributed by atoms with Gasteiger partial charge in [-0.1, -0.05) is 11.6 Å². The number of hydrogen-bond donors (Lipinski definition) is 2. The van der Waals surface area contributed by atoms with E-state index in [2.05, 4.69) is 15.1 Å². The fraction of sp³-hybridized carbons (Fsp3) is 0.167. The molecule has 0 saturated heterocycles. The van der Waals surface area contributed by atoms with E-state index in [0.717, 1.165) is 5.71 Å². The molecule has 0 radical (unpaired) electrons. The molecule has 0 amide bonds. The van der Waals surface area contributed by atoms with Crippen LogP contribution in [0.1, 0.15) is 0 Å². The van der Waals surface area contributed by atoms with Crippen LogP contribution in [0.3, 0.4) is 0 Å². The Hall–Kier alpha value is -0.510. The molecule has 0 aromatic rings. The molecule has 1 heterocycles. The van der Waals surface area contributed by atoms with E-state index in [1.165, 1.54) is 5.54 Å². The first-order valence-electron chi connectivity index (χ1n) is 3.00. The lowest BCUT2D eigenvalue weighted by molar-refractivity contribution is 0.708. The minimum Gasteiger partial charge on any atom is -0.369 e. The van der Waals surface area contributed by atoms with Crippen molar-refractivity contribution in [1.82, 2.24) is 10.2 Å². The van der Waals surface area contributed by atoms with Crippen molar-refractivity contribution in [2.45, 2.75) is 6.17 Å². The van der Waals surface area contributed by atoms with Crippen LogP contribution in [-0.4, -0.2) is 11.9 Å². The lowest BCUT2D eigenvalue weighted by atomic mass is 10.3. The van der Waals surface area contributed by atoms with Gasteiger partial charge in [0.1, 0.15) is 6.17 Å². The van der Waals surface area contributed by atoms with Crippen LogP contribution < -0.4 is 10.2 Å². The van der Waals surface area contributed by atoms with Gasteiger partial charge < -0.3 is 5.32 Å². The summed E-state index contributed by atoms with van der Waals surface area (Å²) in [6.07, 6.45) is 4.83. The third-order valence-electron chi connectivity index (χ3n) is 1.20. The molecule has 0 fully saturated rings. The van der Waals surface area contributed by atoms with Crippen LogP contribution in [0.5, 0.6) is 0 Å². The van der Waals surface area contributed by atoms with Gasteiger partial charge in [0.25, 0.3) is 0 Å². The van der Waals surface area contributed by atoms with Gasteiger partial charge in [0.15, 0.2) is 0 Å². The number of rotatable bonds is 2. The first kappa shape index (κ1) is 8.59. The van der Waals surface area contributed by atoms with Gasteiger partial charge in [-0.25, -0.2) is 4.84 Å². The molecule has 0 spiro atoms. The number of aliphatic imine (C=N–C) groups is 1. The van der Waals surface area contributed by atoms with Crippen molar-refractivity contribution in [1.29, 1.82) is 0 Å². The summed E-state index contributed by atoms with van der Waals surface area (Å²) in [5.41, 5.74) is 2.14. The fourth-order valence-corrected chi connectivity index (χ4v) is 1.02. The average Bonchev–Trinajstić information content (AvgIpc) is 2.06. The van der Waals surface area contributed by atoms with Gasteiger partial charge >= 0.3 is 0 Å². The molecule has 0 aromatic carbocycles. The van der Waals surface area contributed by atoms with Crippen LogP contribution in [0.2, 0.25) is 0 Å². The maximum atomic E-state index is 5.41. The van der Waals surface area contributed by atoms with E-state index in [0.29, 0.717) is 0 Å². The summed E-state index contributed by atoms with van der Waals surface area (Å²) in [5, 5.41) is 2.94. The molecule has 0 saturated carbocycles. The second-order valence-electron chi connectivity index (χ2n) is 1.87. The van der Waals surface area contributed by atoms with Crippen LogP contribution in [0, 0.1) is 0 Å². The molecule has 1 unspecified atom stereocenters. The van der Waals surface area contributed by atoms with E-state index in [1.54, 1.807) is 18.5 Å². The molecule has 3 nitrogen and oxygen atoms in total. The van der Waals surface area contributed by atoms with E-state index in [-0.39, 0.29) is 6.17 Å². The normalized spacial score (nSPS) is 23.5. The molecular formula is C6H7Cl2N3. The zero-order valence-electron chi connectivity index (χ0n) is 5.59. The van der Waals surface area contributed by atoms with Crippen LogP contribution in [0.15, 0.2) is 29.0 Å². The summed E-state index contributed by atoms with van der Waals surface area (Å²) < 4.78 is 0. The molecule has 0 bridgehead atoms. The monoisotopic (exact) mass is 191 g/mol. The third kappa shape index (κ3) is 2.22. The van der Waals surface area contributed by atoms with Crippen molar-refractivity contribution in [3.8, 4) is 0 Å². The Labute approximate surface area is 74.9 Å². The largest absolute Gasteiger partial charge is 0.369 e. The summed E-state index contributed by atoms with van der Waals surface area (Å²) in [7, 11) is 0. The van der Waals surface area contributed by atoms with Crippen molar-refractivity contribution >= 4 is 29.1 Å². The Balaban J connectivity index is 2.70. The first-order chi connectivity index (χ1) is 5.38. The van der Waals surface area contributed by atoms with Crippen LogP contribution >= 0.6 is 23.4 Å². The van der Waals surface area contributed by atoms with Crippen molar-refractivity contribution in [3.63, 3.8) is 0 Å². The summed E-state index contributed by atoms with van der Waals surface area (Å²) in [6.45, 7) is 0. The minimum atomic E-state index is -0.170. The SMILES string of the molecule is Cl/C=C/C1=NC=CNC1NCl. The number of nitrogens with one attached hydrogen (secondary N) is 2. The standard InChI is InChI=1S/C6H7Cl2N3/c7-2-1-5-6(11-8)10-4-3-9-5/h1-4,6,10-11H/b2-1+. The van der Waals surface area contributed by atoms with Gasteiger partial charge in [0.05, 0.1) is 5.71 Å². The van der Waals surface area contributed by atoms with Gasteiger partial charge in [-0.05, 0) is 17.9 Å². The Bertz CT molecular complexity index is 210. The van der Waals surface area contributed by atoms with Crippen LogP contribution in [-0.2, 0) is 0 Å². The lowest BCUT2D eigenvalue weighted by Gasteiger charge is -2.17. The molecule has 1 atom stereocenters. The Morgan fingerprint density at radius 3 is 3.18 bits per heavy atom. The topological polar surface area (TPSA) is 36.4 Å². The van der Waals surface area contributed by atoms with Gasteiger partial charge in [-0.3, -0.25) is 4.99 Å². The molecule has 11 heavy (non-hydrogen) atoms. The summed E-state index contributed by atoms with van der Waals surface area (Å²) in [4.78, 5) is 6.53. The summed E-state index contributed by atoms with van der Waals surface area (Å²) in [5.74, 6) is 0. The number of halogens is 2. The predicted molar refractivity (Wildman–Crippen MR) is 47.5 cm³/mol. The molecule has 60 valence electrons. The molecule has 1 rings (SSSR count). The fourth-order valence-electron chi connectivity index (χ4n) is 0.714. The van der Waals surface area contributed by atoms with E-state index in [9.17, 15) is 0 Å². The lowest BCUT2D eigenvalue weighted by Crippen LogP contribution is -2.42. The van der Waals surface area contributed by atoms with Crippen molar-refractivity contribution < 1.29 is 0 Å². The van der Waals surface area contributed by atoms with Gasteiger partial charge in [0, 0.05) is 17.9 Å². The van der Waals surface area contributed by atoms with E-state index >= 15 is 0 Å².